The first-order valence-electron chi connectivity index (χ1n) is 9.95. The zero-order valence-corrected chi connectivity index (χ0v) is 17.9. The van der Waals surface area contributed by atoms with Gasteiger partial charge in [-0.05, 0) is 51.3 Å². The summed E-state index contributed by atoms with van der Waals surface area (Å²) in [5, 5.41) is 5.94. The standard InChI is InChI=1S/C22H22F5N5O/c1-32(2)10-4-9-28-21-30-19(14-5-3-6-16(11-14)33-22(25,26)27)13-20(31-21)29-15-7-8-17(23)18(24)12-15/h3,5-8,11-13H,4,9-10H2,1-2H3,(H2,28,29,30,31). The maximum absolute atomic E-state index is 13.6. The summed E-state index contributed by atoms with van der Waals surface area (Å²) in [5.41, 5.74) is 0.896. The van der Waals surface area contributed by atoms with Gasteiger partial charge in [-0.25, -0.2) is 13.8 Å². The van der Waals surface area contributed by atoms with Crippen LogP contribution in [0.3, 0.4) is 0 Å². The first-order valence-corrected chi connectivity index (χ1v) is 9.95. The van der Waals surface area contributed by atoms with Gasteiger partial charge >= 0.3 is 6.36 Å². The van der Waals surface area contributed by atoms with E-state index < -0.39 is 23.7 Å². The van der Waals surface area contributed by atoms with Crippen LogP contribution in [-0.2, 0) is 0 Å². The van der Waals surface area contributed by atoms with Crippen molar-refractivity contribution in [3.63, 3.8) is 0 Å². The lowest BCUT2D eigenvalue weighted by atomic mass is 10.1. The largest absolute Gasteiger partial charge is 0.573 e. The normalized spacial score (nSPS) is 11.5. The van der Waals surface area contributed by atoms with Gasteiger partial charge < -0.3 is 20.3 Å². The van der Waals surface area contributed by atoms with Crippen LogP contribution >= 0.6 is 0 Å². The number of anilines is 3. The van der Waals surface area contributed by atoms with Gasteiger partial charge in [-0.15, -0.1) is 13.2 Å². The van der Waals surface area contributed by atoms with E-state index in [-0.39, 0.29) is 17.5 Å². The van der Waals surface area contributed by atoms with E-state index in [0.29, 0.717) is 17.8 Å². The van der Waals surface area contributed by atoms with Crippen molar-refractivity contribution in [2.24, 2.45) is 0 Å². The minimum atomic E-state index is -4.83. The summed E-state index contributed by atoms with van der Waals surface area (Å²) in [6.45, 7) is 1.37. The average Bonchev–Trinajstić information content (AvgIpc) is 2.73. The minimum absolute atomic E-state index is 0.221. The summed E-state index contributed by atoms with van der Waals surface area (Å²) in [5.74, 6) is -1.96. The van der Waals surface area contributed by atoms with Crippen molar-refractivity contribution in [1.82, 2.24) is 14.9 Å². The molecule has 0 fully saturated rings. The number of alkyl halides is 3. The van der Waals surface area contributed by atoms with Gasteiger partial charge in [-0.2, -0.15) is 4.98 Å². The molecule has 0 aliphatic carbocycles. The van der Waals surface area contributed by atoms with Gasteiger partial charge in [0.25, 0.3) is 0 Å². The predicted molar refractivity (Wildman–Crippen MR) is 115 cm³/mol. The SMILES string of the molecule is CN(C)CCCNc1nc(Nc2ccc(F)c(F)c2)cc(-c2cccc(OC(F)(F)F)c2)n1. The summed E-state index contributed by atoms with van der Waals surface area (Å²) in [4.78, 5) is 10.7. The third kappa shape index (κ3) is 7.56. The molecule has 1 aromatic heterocycles. The van der Waals surface area contributed by atoms with Gasteiger partial charge in [0, 0.05) is 29.9 Å². The lowest BCUT2D eigenvalue weighted by Gasteiger charge is -2.14. The molecule has 0 bridgehead atoms. The molecule has 0 aliphatic heterocycles. The summed E-state index contributed by atoms with van der Waals surface area (Å²) in [7, 11) is 3.88. The van der Waals surface area contributed by atoms with Crippen LogP contribution in [0.2, 0.25) is 0 Å². The summed E-state index contributed by atoms with van der Waals surface area (Å²) in [6, 6.07) is 10.1. The molecule has 0 aliphatic rings. The van der Waals surface area contributed by atoms with Crippen LogP contribution in [0, 0.1) is 11.6 Å². The van der Waals surface area contributed by atoms with Crippen molar-refractivity contribution in [2.75, 3.05) is 37.8 Å². The number of nitrogens with one attached hydrogen (secondary N) is 2. The van der Waals surface area contributed by atoms with Crippen LogP contribution in [0.4, 0.5) is 39.4 Å². The van der Waals surface area contributed by atoms with Crippen molar-refractivity contribution in [2.45, 2.75) is 12.8 Å². The Kier molecular flexibility index (Phi) is 7.64. The Morgan fingerprint density at radius 2 is 1.76 bits per heavy atom. The molecule has 2 N–H and O–H groups in total. The number of hydrogen-bond acceptors (Lipinski definition) is 6. The molecule has 0 unspecified atom stereocenters. The summed E-state index contributed by atoms with van der Waals surface area (Å²) >= 11 is 0. The Hall–Kier alpha value is -3.47. The molecule has 0 radical (unpaired) electrons. The molecule has 2 aromatic carbocycles. The van der Waals surface area contributed by atoms with Crippen molar-refractivity contribution < 1.29 is 26.7 Å². The predicted octanol–water partition coefficient (Wildman–Crippen LogP) is 5.43. The molecule has 1 heterocycles. The molecule has 33 heavy (non-hydrogen) atoms. The van der Waals surface area contributed by atoms with E-state index in [1.54, 1.807) is 6.07 Å². The van der Waals surface area contributed by atoms with Crippen molar-refractivity contribution in [1.29, 1.82) is 0 Å². The Morgan fingerprint density at radius 3 is 2.45 bits per heavy atom. The molecule has 0 saturated heterocycles. The van der Waals surface area contributed by atoms with Crippen LogP contribution in [0.15, 0.2) is 48.5 Å². The molecule has 11 heteroatoms. The van der Waals surface area contributed by atoms with Crippen LogP contribution < -0.4 is 15.4 Å². The maximum Gasteiger partial charge on any atom is 0.573 e. The highest BCUT2D eigenvalue weighted by molar-refractivity contribution is 5.68. The van der Waals surface area contributed by atoms with Gasteiger partial charge in [0.2, 0.25) is 5.95 Å². The molecule has 0 atom stereocenters. The Morgan fingerprint density at radius 1 is 0.970 bits per heavy atom. The van der Waals surface area contributed by atoms with Gasteiger partial charge in [0.15, 0.2) is 11.6 Å². The minimum Gasteiger partial charge on any atom is -0.406 e. The number of halogens is 5. The number of hydrogen-bond donors (Lipinski definition) is 2. The molecule has 176 valence electrons. The van der Waals surface area contributed by atoms with Crippen LogP contribution in [0.1, 0.15) is 6.42 Å². The fraction of sp³-hybridized carbons (Fsp3) is 0.273. The molecule has 0 spiro atoms. The van der Waals surface area contributed by atoms with Crippen molar-refractivity contribution in [3.8, 4) is 17.0 Å². The van der Waals surface area contributed by atoms with E-state index in [1.807, 2.05) is 19.0 Å². The first-order chi connectivity index (χ1) is 15.6. The zero-order chi connectivity index (χ0) is 24.0. The van der Waals surface area contributed by atoms with Crippen LogP contribution in [0.25, 0.3) is 11.3 Å². The van der Waals surface area contributed by atoms with Crippen LogP contribution in [0.5, 0.6) is 5.75 Å². The van der Waals surface area contributed by atoms with E-state index in [0.717, 1.165) is 25.1 Å². The quantitative estimate of drug-likeness (QED) is 0.323. The first kappa shape index (κ1) is 24.2. The lowest BCUT2D eigenvalue weighted by molar-refractivity contribution is -0.274. The smallest absolute Gasteiger partial charge is 0.406 e. The molecule has 3 rings (SSSR count). The Bertz CT molecular complexity index is 1090. The molecule has 6 nitrogen and oxygen atoms in total. The van der Waals surface area contributed by atoms with Gasteiger partial charge in [-0.1, -0.05) is 12.1 Å². The topological polar surface area (TPSA) is 62.3 Å². The van der Waals surface area contributed by atoms with E-state index in [9.17, 15) is 22.0 Å². The highest BCUT2D eigenvalue weighted by Gasteiger charge is 2.31. The summed E-state index contributed by atoms with van der Waals surface area (Å²) in [6.07, 6.45) is -4.04. The van der Waals surface area contributed by atoms with Gasteiger partial charge in [0.1, 0.15) is 11.6 Å². The summed E-state index contributed by atoms with van der Waals surface area (Å²) < 4.78 is 68.6. The maximum atomic E-state index is 13.6. The number of rotatable bonds is 9. The fourth-order valence-corrected chi connectivity index (χ4v) is 2.91. The molecule has 0 amide bonds. The second kappa shape index (κ2) is 10.4. The van der Waals surface area contributed by atoms with Gasteiger partial charge in [-0.3, -0.25) is 0 Å². The van der Waals surface area contributed by atoms with Gasteiger partial charge in [0.05, 0.1) is 5.69 Å². The molecule has 3 aromatic rings. The number of ether oxygens (including phenoxy) is 1. The number of benzene rings is 2. The highest BCUT2D eigenvalue weighted by atomic mass is 19.4. The van der Waals surface area contributed by atoms with Crippen molar-refractivity contribution >= 4 is 17.5 Å². The average molecular weight is 467 g/mol. The van der Waals surface area contributed by atoms with E-state index in [2.05, 4.69) is 25.3 Å². The fourth-order valence-electron chi connectivity index (χ4n) is 2.91. The highest BCUT2D eigenvalue weighted by Crippen LogP contribution is 2.29. The van der Waals surface area contributed by atoms with E-state index >= 15 is 0 Å². The second-order valence-corrected chi connectivity index (χ2v) is 7.38. The van der Waals surface area contributed by atoms with Crippen LogP contribution in [-0.4, -0.2) is 48.4 Å². The third-order valence-electron chi connectivity index (χ3n) is 4.35. The van der Waals surface area contributed by atoms with E-state index in [4.69, 9.17) is 0 Å². The Balaban J connectivity index is 1.91. The van der Waals surface area contributed by atoms with Crippen molar-refractivity contribution in [3.05, 3.63) is 60.2 Å². The Labute approximate surface area is 187 Å². The molecular formula is C22H22F5N5O. The number of nitrogens with zero attached hydrogens (tertiary/aromatic N) is 3. The third-order valence-corrected chi connectivity index (χ3v) is 4.35. The molecule has 0 saturated carbocycles. The monoisotopic (exact) mass is 467 g/mol. The molecular weight excluding hydrogens is 445 g/mol. The van der Waals surface area contributed by atoms with E-state index in [1.165, 1.54) is 30.3 Å². The zero-order valence-electron chi connectivity index (χ0n) is 17.9. The lowest BCUT2D eigenvalue weighted by Crippen LogP contribution is -2.17. The number of aromatic nitrogens is 2. The second-order valence-electron chi connectivity index (χ2n) is 7.38.